The van der Waals surface area contributed by atoms with E-state index < -0.39 is 6.17 Å². The predicted octanol–water partition coefficient (Wildman–Crippen LogP) is 11.9. The van der Waals surface area contributed by atoms with Gasteiger partial charge in [0, 0.05) is 44.4 Å². The summed E-state index contributed by atoms with van der Waals surface area (Å²) in [5, 5.41) is 10.2. The summed E-state index contributed by atoms with van der Waals surface area (Å²) in [6, 6.07) is 54.6. The van der Waals surface area contributed by atoms with Gasteiger partial charge < -0.3 is 14.2 Å². The first-order chi connectivity index (χ1) is 26.8. The molecule has 1 atom stereocenters. The summed E-state index contributed by atoms with van der Waals surface area (Å²) in [7, 11) is 0. The van der Waals surface area contributed by atoms with Crippen LogP contribution in [0.2, 0.25) is 0 Å². The Hall–Kier alpha value is -7.31. The van der Waals surface area contributed by atoms with Gasteiger partial charge in [-0.25, -0.2) is 9.98 Å². The zero-order chi connectivity index (χ0) is 35.6. The van der Waals surface area contributed by atoms with E-state index in [0.717, 1.165) is 99.4 Å². The molecule has 3 aromatic heterocycles. The van der Waals surface area contributed by atoms with E-state index in [1.807, 2.05) is 54.6 Å². The summed E-state index contributed by atoms with van der Waals surface area (Å²) in [5.74, 6) is 1.43. The minimum absolute atomic E-state index is 0.409. The molecule has 6 heteroatoms. The van der Waals surface area contributed by atoms with Crippen molar-refractivity contribution in [3.63, 3.8) is 0 Å². The van der Waals surface area contributed by atoms with Crippen molar-refractivity contribution in [3.05, 3.63) is 187 Å². The average Bonchev–Trinajstić information content (AvgIpc) is 3.82. The second-order valence-electron chi connectivity index (χ2n) is 13.6. The quantitative estimate of drug-likeness (QED) is 0.195. The third-order valence-electron chi connectivity index (χ3n) is 10.5. The molecule has 0 aliphatic carbocycles. The number of rotatable bonds is 5. The smallest absolute Gasteiger partial charge is 0.160 e. The summed E-state index contributed by atoms with van der Waals surface area (Å²) in [4.78, 5) is 14.8. The number of para-hydroxylation sites is 1. The number of fused-ring (bicyclic) bond motifs is 7. The fourth-order valence-electron chi connectivity index (χ4n) is 8.00. The molecule has 7 aromatic carbocycles. The highest BCUT2D eigenvalue weighted by Gasteiger charge is 2.25. The summed E-state index contributed by atoms with van der Waals surface area (Å²) >= 11 is 0. The molecule has 0 fully saturated rings. The van der Waals surface area contributed by atoms with Crippen molar-refractivity contribution in [1.82, 2.24) is 10.3 Å². The van der Waals surface area contributed by atoms with Gasteiger partial charge in [0.15, 0.2) is 11.4 Å². The molecule has 0 radical (unpaired) electrons. The molecular weight excluding hydrogens is 665 g/mol. The third-order valence-corrected chi connectivity index (χ3v) is 10.5. The highest BCUT2D eigenvalue weighted by Crippen LogP contribution is 2.39. The Balaban J connectivity index is 1.03. The topological polar surface area (TPSA) is 75.9 Å². The number of nitrogens with zero attached hydrogens (tertiary/aromatic N) is 3. The van der Waals surface area contributed by atoms with Crippen LogP contribution in [0.15, 0.2) is 189 Å². The average molecular weight is 695 g/mol. The van der Waals surface area contributed by atoms with E-state index in [1.54, 1.807) is 12.4 Å². The van der Waals surface area contributed by atoms with E-state index in [4.69, 9.17) is 18.8 Å². The largest absolute Gasteiger partial charge is 0.456 e. The summed E-state index contributed by atoms with van der Waals surface area (Å²) < 4.78 is 12.4. The summed E-state index contributed by atoms with van der Waals surface area (Å²) in [5.41, 5.74) is 10.9. The Morgan fingerprint density at radius 1 is 0.444 bits per heavy atom. The number of aromatic nitrogens is 1. The molecule has 0 saturated heterocycles. The lowest BCUT2D eigenvalue weighted by atomic mass is 9.92. The lowest BCUT2D eigenvalue weighted by Crippen LogP contribution is -2.33. The number of benzene rings is 7. The zero-order valence-corrected chi connectivity index (χ0v) is 28.9. The molecule has 1 unspecified atom stereocenters. The number of aliphatic imine (C=N–C) groups is 2. The maximum absolute atomic E-state index is 6.21. The van der Waals surface area contributed by atoms with Crippen LogP contribution in [-0.4, -0.2) is 16.7 Å². The normalized spacial score (nSPS) is 14.5. The molecule has 11 rings (SSSR count). The lowest BCUT2D eigenvalue weighted by Gasteiger charge is -2.25. The molecule has 10 aromatic rings. The fraction of sp³-hybridized carbons (Fsp3) is 0.0208. The highest BCUT2D eigenvalue weighted by atomic mass is 16.3. The first-order valence-electron chi connectivity index (χ1n) is 18.0. The number of nitrogens with one attached hydrogen (secondary N) is 1. The SMILES string of the molecule is c1ccc(C2=NC(c3ccc(-c4ccc(-c5cccc6oc7ccccc7c56)cc4)c4ccccc34)=NC(c3cccc4oc5cnccc5c34)N2)cc1. The molecule has 4 heterocycles. The van der Waals surface area contributed by atoms with Crippen LogP contribution in [0.3, 0.4) is 0 Å². The minimum atomic E-state index is -0.409. The van der Waals surface area contributed by atoms with E-state index in [1.165, 1.54) is 0 Å². The molecule has 1 aliphatic heterocycles. The number of pyridine rings is 1. The molecule has 254 valence electrons. The van der Waals surface area contributed by atoms with Gasteiger partial charge in [-0.05, 0) is 63.4 Å². The maximum atomic E-state index is 6.21. The summed E-state index contributed by atoms with van der Waals surface area (Å²) in [6.45, 7) is 0. The van der Waals surface area contributed by atoms with Gasteiger partial charge in [-0.15, -0.1) is 0 Å². The molecule has 0 bridgehead atoms. The van der Waals surface area contributed by atoms with Crippen LogP contribution < -0.4 is 5.32 Å². The molecule has 1 N–H and O–H groups in total. The Morgan fingerprint density at radius 2 is 1.07 bits per heavy atom. The van der Waals surface area contributed by atoms with Crippen molar-refractivity contribution in [1.29, 1.82) is 0 Å². The third kappa shape index (κ3) is 4.85. The van der Waals surface area contributed by atoms with Crippen molar-refractivity contribution >= 4 is 66.3 Å². The number of hydrogen-bond donors (Lipinski definition) is 1. The maximum Gasteiger partial charge on any atom is 0.160 e. The Bertz CT molecular complexity index is 3140. The highest BCUT2D eigenvalue weighted by molar-refractivity contribution is 6.19. The second kappa shape index (κ2) is 12.1. The molecule has 0 spiro atoms. The van der Waals surface area contributed by atoms with Crippen LogP contribution in [0, 0.1) is 0 Å². The van der Waals surface area contributed by atoms with Crippen LogP contribution in [0.5, 0.6) is 0 Å². The van der Waals surface area contributed by atoms with E-state index in [9.17, 15) is 0 Å². The first kappa shape index (κ1) is 30.3. The number of furan rings is 2. The molecule has 0 saturated carbocycles. The van der Waals surface area contributed by atoms with Crippen LogP contribution in [-0.2, 0) is 0 Å². The second-order valence-corrected chi connectivity index (χ2v) is 13.6. The van der Waals surface area contributed by atoms with Crippen molar-refractivity contribution in [2.75, 3.05) is 0 Å². The molecular formula is C48H30N4O2. The van der Waals surface area contributed by atoms with Crippen molar-refractivity contribution in [2.45, 2.75) is 6.17 Å². The van der Waals surface area contributed by atoms with Crippen LogP contribution in [0.1, 0.15) is 22.9 Å². The Labute approximate surface area is 309 Å². The molecule has 0 amide bonds. The monoisotopic (exact) mass is 694 g/mol. The Kier molecular flexibility index (Phi) is 6.82. The summed E-state index contributed by atoms with van der Waals surface area (Å²) in [6.07, 6.45) is 3.16. The Morgan fingerprint density at radius 3 is 1.91 bits per heavy atom. The van der Waals surface area contributed by atoms with E-state index in [-0.39, 0.29) is 0 Å². The fourth-order valence-corrected chi connectivity index (χ4v) is 8.00. The molecule has 6 nitrogen and oxygen atoms in total. The first-order valence-corrected chi connectivity index (χ1v) is 18.0. The van der Waals surface area contributed by atoms with Gasteiger partial charge in [0.05, 0.1) is 6.20 Å². The van der Waals surface area contributed by atoms with E-state index >= 15 is 0 Å². The zero-order valence-electron chi connectivity index (χ0n) is 28.9. The molecule has 1 aliphatic rings. The van der Waals surface area contributed by atoms with Crippen molar-refractivity contribution < 1.29 is 8.83 Å². The van der Waals surface area contributed by atoms with Crippen LogP contribution in [0.25, 0.3) is 76.9 Å². The predicted molar refractivity (Wildman–Crippen MR) is 219 cm³/mol. The van der Waals surface area contributed by atoms with Gasteiger partial charge in [0.2, 0.25) is 0 Å². The van der Waals surface area contributed by atoms with Gasteiger partial charge in [-0.1, -0.05) is 127 Å². The van der Waals surface area contributed by atoms with Gasteiger partial charge in [0.1, 0.15) is 28.8 Å². The van der Waals surface area contributed by atoms with Crippen LogP contribution in [0.4, 0.5) is 0 Å². The van der Waals surface area contributed by atoms with Gasteiger partial charge in [-0.3, -0.25) is 4.98 Å². The van der Waals surface area contributed by atoms with Crippen molar-refractivity contribution in [3.8, 4) is 22.3 Å². The number of hydrogen-bond acceptors (Lipinski definition) is 6. The van der Waals surface area contributed by atoms with E-state index in [2.05, 4.69) is 113 Å². The van der Waals surface area contributed by atoms with E-state index in [0.29, 0.717) is 5.84 Å². The minimum Gasteiger partial charge on any atom is -0.456 e. The van der Waals surface area contributed by atoms with Crippen LogP contribution >= 0.6 is 0 Å². The lowest BCUT2D eigenvalue weighted by molar-refractivity contribution is 0.661. The van der Waals surface area contributed by atoms with Gasteiger partial charge >= 0.3 is 0 Å². The van der Waals surface area contributed by atoms with Gasteiger partial charge in [0.25, 0.3) is 0 Å². The number of amidine groups is 2. The van der Waals surface area contributed by atoms with Gasteiger partial charge in [-0.2, -0.15) is 0 Å². The van der Waals surface area contributed by atoms with Crippen molar-refractivity contribution in [2.24, 2.45) is 9.98 Å². The standard InChI is InChI=1S/C48H30N4O2/c1-2-10-31(11-3-1)46-50-47(52-48(51-46)39-16-9-19-42-45(39)38-26-27-49-28-43(38)54-42)36-25-24-32(34-12-4-5-13-35(34)36)29-20-22-30(23-21-29)33-15-8-18-41-44(33)37-14-6-7-17-40(37)53-41/h1-28,48H,(H,50,51,52). The molecule has 54 heavy (non-hydrogen) atoms.